The number of benzene rings is 2. The van der Waals surface area contributed by atoms with Gasteiger partial charge in [-0.05, 0) is 78.2 Å². The average Bonchev–Trinajstić information content (AvgIpc) is 2.73. The Morgan fingerprint density at radius 1 is 1.10 bits per heavy atom. The smallest absolute Gasteiger partial charge is 0.348 e. The lowest BCUT2D eigenvalue weighted by Crippen LogP contribution is -2.20. The van der Waals surface area contributed by atoms with Crippen LogP contribution in [-0.4, -0.2) is 31.7 Å². The fourth-order valence-corrected chi connectivity index (χ4v) is 3.16. The summed E-state index contributed by atoms with van der Waals surface area (Å²) < 4.78 is 16.9. The Kier molecular flexibility index (Phi) is 9.10. The largest absolute Gasteiger partial charge is 0.490 e. The summed E-state index contributed by atoms with van der Waals surface area (Å²) in [5, 5.41) is 12.0. The van der Waals surface area contributed by atoms with E-state index in [9.17, 15) is 14.9 Å². The van der Waals surface area contributed by atoms with Crippen molar-refractivity contribution in [3.05, 3.63) is 57.6 Å². The van der Waals surface area contributed by atoms with Gasteiger partial charge in [0.2, 0.25) is 0 Å². The van der Waals surface area contributed by atoms with E-state index in [1.54, 1.807) is 31.2 Å². The minimum atomic E-state index is -0.692. The van der Waals surface area contributed by atoms with Crippen molar-refractivity contribution in [2.75, 3.05) is 25.1 Å². The van der Waals surface area contributed by atoms with Gasteiger partial charge in [0, 0.05) is 4.47 Å². The standard InChI is InChI=1S/C23H23BrN2O5/c1-4-29-21-12-16(11-17(13-25)23(28)30-5-2)7-9-20(21)31-14-22(27)26-19-8-6-15(3)10-18(19)24/h6-12H,4-5,14H2,1-3H3,(H,26,27). The molecule has 0 bridgehead atoms. The number of hydrogen-bond acceptors (Lipinski definition) is 6. The highest BCUT2D eigenvalue weighted by Gasteiger charge is 2.13. The molecule has 8 heteroatoms. The molecule has 0 aliphatic carbocycles. The Bertz CT molecular complexity index is 1030. The Morgan fingerprint density at radius 3 is 2.52 bits per heavy atom. The predicted molar refractivity (Wildman–Crippen MR) is 121 cm³/mol. The number of nitrogens with zero attached hydrogens (tertiary/aromatic N) is 1. The summed E-state index contributed by atoms with van der Waals surface area (Å²) in [6, 6.07) is 12.3. The van der Waals surface area contributed by atoms with Gasteiger partial charge in [0.05, 0.1) is 18.9 Å². The molecule has 0 unspecified atom stereocenters. The molecule has 1 N–H and O–H groups in total. The van der Waals surface area contributed by atoms with Gasteiger partial charge in [0.15, 0.2) is 18.1 Å². The molecule has 162 valence electrons. The fraction of sp³-hybridized carbons (Fsp3) is 0.261. The number of anilines is 1. The molecule has 0 saturated heterocycles. The maximum absolute atomic E-state index is 12.3. The van der Waals surface area contributed by atoms with Gasteiger partial charge in [0.1, 0.15) is 11.6 Å². The summed E-state index contributed by atoms with van der Waals surface area (Å²) in [5.74, 6) is -0.263. The number of esters is 1. The highest BCUT2D eigenvalue weighted by molar-refractivity contribution is 9.10. The first-order chi connectivity index (χ1) is 14.9. The number of halogens is 1. The maximum atomic E-state index is 12.3. The molecule has 0 atom stereocenters. The number of nitrogens with one attached hydrogen (secondary N) is 1. The number of hydrogen-bond donors (Lipinski definition) is 1. The van der Waals surface area contributed by atoms with Crippen LogP contribution in [0.3, 0.4) is 0 Å². The number of rotatable bonds is 9. The number of amides is 1. The third-order valence-electron chi connectivity index (χ3n) is 3.95. The minimum Gasteiger partial charge on any atom is -0.490 e. The summed E-state index contributed by atoms with van der Waals surface area (Å²) in [7, 11) is 0. The molecular formula is C23H23BrN2O5. The van der Waals surface area contributed by atoms with Crippen molar-refractivity contribution in [3.63, 3.8) is 0 Å². The lowest BCUT2D eigenvalue weighted by Gasteiger charge is -2.13. The SMILES string of the molecule is CCOC(=O)C(C#N)=Cc1ccc(OCC(=O)Nc2ccc(C)cc2Br)c(OCC)c1. The van der Waals surface area contributed by atoms with Gasteiger partial charge in [-0.3, -0.25) is 4.79 Å². The van der Waals surface area contributed by atoms with Crippen LogP contribution in [0.4, 0.5) is 5.69 Å². The molecule has 2 aromatic rings. The summed E-state index contributed by atoms with van der Waals surface area (Å²) >= 11 is 3.42. The third kappa shape index (κ3) is 7.15. The molecule has 2 rings (SSSR count). The molecule has 0 aliphatic heterocycles. The minimum absolute atomic E-state index is 0.124. The first kappa shape index (κ1) is 24.0. The molecule has 2 aromatic carbocycles. The van der Waals surface area contributed by atoms with Gasteiger partial charge in [-0.1, -0.05) is 12.1 Å². The predicted octanol–water partition coefficient (Wildman–Crippen LogP) is 4.64. The van der Waals surface area contributed by atoms with E-state index in [1.165, 1.54) is 6.08 Å². The van der Waals surface area contributed by atoms with Crippen LogP contribution in [0.1, 0.15) is 25.0 Å². The molecule has 0 heterocycles. The highest BCUT2D eigenvalue weighted by atomic mass is 79.9. The van der Waals surface area contributed by atoms with E-state index < -0.39 is 5.97 Å². The highest BCUT2D eigenvalue weighted by Crippen LogP contribution is 2.30. The summed E-state index contributed by atoms with van der Waals surface area (Å²) in [4.78, 5) is 24.1. The Balaban J connectivity index is 2.13. The zero-order valence-electron chi connectivity index (χ0n) is 17.5. The van der Waals surface area contributed by atoms with Crippen molar-refractivity contribution < 1.29 is 23.8 Å². The third-order valence-corrected chi connectivity index (χ3v) is 4.61. The Labute approximate surface area is 189 Å². The second-order valence-corrected chi connectivity index (χ2v) is 7.20. The van der Waals surface area contributed by atoms with Gasteiger partial charge >= 0.3 is 5.97 Å². The van der Waals surface area contributed by atoms with Crippen molar-refractivity contribution in [1.82, 2.24) is 0 Å². The second kappa shape index (κ2) is 11.8. The number of ether oxygens (including phenoxy) is 3. The molecule has 7 nitrogen and oxygen atoms in total. The lowest BCUT2D eigenvalue weighted by atomic mass is 10.1. The number of nitriles is 1. The normalized spacial score (nSPS) is 10.7. The monoisotopic (exact) mass is 486 g/mol. The zero-order chi connectivity index (χ0) is 22.8. The van der Waals surface area contributed by atoms with Crippen molar-refractivity contribution >= 4 is 39.6 Å². The molecule has 0 aromatic heterocycles. The van der Waals surface area contributed by atoms with Crippen molar-refractivity contribution in [2.45, 2.75) is 20.8 Å². The average molecular weight is 487 g/mol. The summed E-state index contributed by atoms with van der Waals surface area (Å²) in [5.41, 5.74) is 2.15. The van der Waals surface area contributed by atoms with Crippen LogP contribution in [-0.2, 0) is 14.3 Å². The first-order valence-electron chi connectivity index (χ1n) is 9.62. The van der Waals surface area contributed by atoms with Crippen LogP contribution >= 0.6 is 15.9 Å². The van der Waals surface area contributed by atoms with Crippen molar-refractivity contribution in [2.24, 2.45) is 0 Å². The Hall–Kier alpha value is -3.31. The number of aryl methyl sites for hydroxylation is 1. The molecule has 0 spiro atoms. The molecule has 31 heavy (non-hydrogen) atoms. The van der Waals surface area contributed by atoms with E-state index in [0.717, 1.165) is 10.0 Å². The quantitative estimate of drug-likeness (QED) is 0.314. The van der Waals surface area contributed by atoms with Crippen LogP contribution in [0.2, 0.25) is 0 Å². The van der Waals surface area contributed by atoms with E-state index in [2.05, 4.69) is 21.2 Å². The lowest BCUT2D eigenvalue weighted by molar-refractivity contribution is -0.137. The summed E-state index contributed by atoms with van der Waals surface area (Å²) in [6.45, 7) is 5.76. The Morgan fingerprint density at radius 2 is 1.87 bits per heavy atom. The van der Waals surface area contributed by atoms with Gasteiger partial charge in [0.25, 0.3) is 5.91 Å². The first-order valence-corrected chi connectivity index (χ1v) is 10.4. The van der Waals surface area contributed by atoms with Crippen molar-refractivity contribution in [1.29, 1.82) is 5.26 Å². The fourth-order valence-electron chi connectivity index (χ4n) is 2.57. The molecule has 0 aliphatic rings. The number of carbonyl (C=O) groups excluding carboxylic acids is 2. The topological polar surface area (TPSA) is 97.7 Å². The van der Waals surface area contributed by atoms with Crippen LogP contribution in [0.5, 0.6) is 11.5 Å². The van der Waals surface area contributed by atoms with E-state index in [-0.39, 0.29) is 24.7 Å². The molecule has 0 radical (unpaired) electrons. The maximum Gasteiger partial charge on any atom is 0.348 e. The van der Waals surface area contributed by atoms with Gasteiger partial charge in [-0.15, -0.1) is 0 Å². The van der Waals surface area contributed by atoms with Crippen LogP contribution < -0.4 is 14.8 Å². The van der Waals surface area contributed by atoms with Crippen molar-refractivity contribution in [3.8, 4) is 17.6 Å². The van der Waals surface area contributed by atoms with Crippen LogP contribution in [0, 0.1) is 18.3 Å². The van der Waals surface area contributed by atoms with Gasteiger partial charge < -0.3 is 19.5 Å². The van der Waals surface area contributed by atoms with Gasteiger partial charge in [-0.25, -0.2) is 4.79 Å². The number of carbonyl (C=O) groups is 2. The van der Waals surface area contributed by atoms with E-state index in [1.807, 2.05) is 32.0 Å². The van der Waals surface area contributed by atoms with E-state index >= 15 is 0 Å². The van der Waals surface area contributed by atoms with E-state index in [4.69, 9.17) is 14.2 Å². The van der Waals surface area contributed by atoms with Gasteiger partial charge in [-0.2, -0.15) is 5.26 Å². The molecule has 0 saturated carbocycles. The van der Waals surface area contributed by atoms with Crippen LogP contribution in [0.15, 0.2) is 46.4 Å². The molecule has 0 fully saturated rings. The zero-order valence-corrected chi connectivity index (χ0v) is 19.1. The summed E-state index contributed by atoms with van der Waals surface area (Å²) in [6.07, 6.45) is 1.41. The molecule has 1 amide bonds. The molecular weight excluding hydrogens is 464 g/mol. The van der Waals surface area contributed by atoms with Crippen LogP contribution in [0.25, 0.3) is 6.08 Å². The second-order valence-electron chi connectivity index (χ2n) is 6.35. The van der Waals surface area contributed by atoms with E-state index in [0.29, 0.717) is 29.4 Å².